The fraction of sp³-hybridized carbons (Fsp3) is 0.231. The first-order valence-corrected chi connectivity index (χ1v) is 10.9. The summed E-state index contributed by atoms with van der Waals surface area (Å²) in [5.41, 5.74) is -0.966. The zero-order valence-electron chi connectivity index (χ0n) is 18.0. The van der Waals surface area contributed by atoms with Crippen molar-refractivity contribution >= 4 is 17.3 Å². The highest BCUT2D eigenvalue weighted by atomic mass is 16.3. The van der Waals surface area contributed by atoms with Gasteiger partial charge in [0, 0.05) is 5.56 Å². The molecule has 6 N–H and O–H groups in total. The smallest absolute Gasteiger partial charge is 0.200 e. The van der Waals surface area contributed by atoms with Gasteiger partial charge in [-0.15, -0.1) is 0 Å². The summed E-state index contributed by atoms with van der Waals surface area (Å²) >= 11 is 0. The largest absolute Gasteiger partial charge is 0.507 e. The van der Waals surface area contributed by atoms with Crippen LogP contribution in [0.1, 0.15) is 73.5 Å². The Kier molecular flexibility index (Phi) is 4.09. The van der Waals surface area contributed by atoms with Crippen molar-refractivity contribution in [3.05, 3.63) is 87.5 Å². The third kappa shape index (κ3) is 2.32. The molecule has 0 saturated carbocycles. The van der Waals surface area contributed by atoms with Crippen LogP contribution in [0.15, 0.2) is 48.5 Å². The van der Waals surface area contributed by atoms with E-state index in [1.54, 1.807) is 24.3 Å². The monoisotopic (exact) mass is 459 g/mol. The minimum absolute atomic E-state index is 0.0189. The fourth-order valence-electron chi connectivity index (χ4n) is 5.94. The van der Waals surface area contributed by atoms with E-state index in [4.69, 9.17) is 0 Å². The van der Waals surface area contributed by atoms with Crippen molar-refractivity contribution in [2.45, 2.75) is 36.7 Å². The Bertz CT molecular complexity index is 1430. The Hall–Kier alpha value is -3.72. The molecular formula is C26H21NO7. The highest BCUT2D eigenvalue weighted by molar-refractivity contribution is 6.32. The van der Waals surface area contributed by atoms with Crippen molar-refractivity contribution in [1.29, 1.82) is 0 Å². The van der Waals surface area contributed by atoms with E-state index in [0.717, 1.165) is 0 Å². The number of fused-ring (bicyclic) bond motifs is 9. The van der Waals surface area contributed by atoms with Crippen LogP contribution in [-0.2, 0) is 0 Å². The number of nitrogens with one attached hydrogen (secondary N) is 1. The van der Waals surface area contributed by atoms with E-state index in [9.17, 15) is 35.1 Å². The summed E-state index contributed by atoms with van der Waals surface area (Å²) in [5, 5.41) is 58.2. The number of carbonyl (C=O) groups excluding carboxylic acids is 2. The molecule has 0 saturated heterocycles. The van der Waals surface area contributed by atoms with E-state index in [-0.39, 0.29) is 39.3 Å². The molecule has 3 aromatic rings. The van der Waals surface area contributed by atoms with Gasteiger partial charge in [-0.25, -0.2) is 0 Å². The number of rotatable bonds is 1. The number of benzene rings is 3. The number of aliphatic hydroxyl groups excluding tert-OH is 2. The first-order valence-electron chi connectivity index (χ1n) is 10.9. The van der Waals surface area contributed by atoms with Crippen LogP contribution in [0, 0.1) is 0 Å². The van der Waals surface area contributed by atoms with Crippen molar-refractivity contribution in [3.63, 3.8) is 0 Å². The van der Waals surface area contributed by atoms with Crippen LogP contribution < -0.4 is 5.32 Å². The maximum absolute atomic E-state index is 13.6. The van der Waals surface area contributed by atoms with E-state index in [1.165, 1.54) is 31.2 Å². The molecule has 3 aromatic carbocycles. The van der Waals surface area contributed by atoms with Crippen molar-refractivity contribution in [3.8, 4) is 11.5 Å². The van der Waals surface area contributed by atoms with Crippen molar-refractivity contribution in [2.75, 3.05) is 5.32 Å². The van der Waals surface area contributed by atoms with Crippen LogP contribution in [0.5, 0.6) is 11.5 Å². The van der Waals surface area contributed by atoms with Gasteiger partial charge in [-0.3, -0.25) is 9.59 Å². The summed E-state index contributed by atoms with van der Waals surface area (Å²) in [6, 6.07) is 11.4. The third-order valence-corrected chi connectivity index (χ3v) is 7.50. The predicted molar refractivity (Wildman–Crippen MR) is 120 cm³/mol. The standard InChI is InChI=1S/C26H21NO7/c1-10(28)26(34)20-14-9-16(30)18-19(24(33)17-13(22(18)31)7-4-8-15(17)29)21(14)27-25(26)12-6-3-2-5-11(12)23(20)32/h2-10,20,23,25,27-30,32,34H,1H3. The topological polar surface area (TPSA) is 147 Å². The second kappa shape index (κ2) is 6.66. The second-order valence-corrected chi connectivity index (χ2v) is 9.16. The molecule has 8 heteroatoms. The minimum Gasteiger partial charge on any atom is -0.507 e. The number of phenols is 2. The van der Waals surface area contributed by atoms with E-state index >= 15 is 0 Å². The zero-order chi connectivity index (χ0) is 24.1. The molecule has 0 amide bonds. The Morgan fingerprint density at radius 2 is 1.59 bits per heavy atom. The average molecular weight is 459 g/mol. The molecule has 172 valence electrons. The van der Waals surface area contributed by atoms with Gasteiger partial charge < -0.3 is 30.8 Å². The van der Waals surface area contributed by atoms with Crippen molar-refractivity contribution < 1.29 is 35.1 Å². The van der Waals surface area contributed by atoms with Gasteiger partial charge in [-0.2, -0.15) is 0 Å². The molecule has 6 rings (SSSR count). The molecule has 5 atom stereocenters. The molecule has 0 fully saturated rings. The maximum atomic E-state index is 13.6. The highest BCUT2D eigenvalue weighted by Gasteiger charge is 2.60. The zero-order valence-corrected chi connectivity index (χ0v) is 18.0. The lowest BCUT2D eigenvalue weighted by Crippen LogP contribution is -2.60. The summed E-state index contributed by atoms with van der Waals surface area (Å²) in [6.07, 6.45) is -2.56. The Balaban J connectivity index is 1.68. The average Bonchev–Trinajstić information content (AvgIpc) is 2.80. The van der Waals surface area contributed by atoms with Crippen LogP contribution in [0.25, 0.3) is 0 Å². The lowest BCUT2D eigenvalue weighted by atomic mass is 9.60. The van der Waals surface area contributed by atoms with E-state index in [1.807, 2.05) is 0 Å². The maximum Gasteiger partial charge on any atom is 0.200 e. The molecular weight excluding hydrogens is 438 g/mol. The molecule has 34 heavy (non-hydrogen) atoms. The van der Waals surface area contributed by atoms with Crippen LogP contribution in [-0.4, -0.2) is 48.8 Å². The normalized spacial score (nSPS) is 27.1. The lowest BCUT2D eigenvalue weighted by Gasteiger charge is -2.54. The van der Waals surface area contributed by atoms with Crippen LogP contribution in [0.2, 0.25) is 0 Å². The Morgan fingerprint density at radius 3 is 2.29 bits per heavy atom. The molecule has 2 bridgehead atoms. The van der Waals surface area contributed by atoms with Crippen molar-refractivity contribution in [1.82, 2.24) is 0 Å². The molecule has 0 spiro atoms. The van der Waals surface area contributed by atoms with Crippen molar-refractivity contribution in [2.24, 2.45) is 0 Å². The van der Waals surface area contributed by atoms with E-state index in [0.29, 0.717) is 11.1 Å². The number of phenolic OH excluding ortho intramolecular Hbond substituents is 2. The van der Waals surface area contributed by atoms with Gasteiger partial charge in [0.15, 0.2) is 11.6 Å². The van der Waals surface area contributed by atoms with E-state index in [2.05, 4.69) is 5.32 Å². The molecule has 3 aliphatic rings. The molecule has 8 nitrogen and oxygen atoms in total. The first-order chi connectivity index (χ1) is 16.2. The molecule has 1 aliphatic heterocycles. The fourth-order valence-corrected chi connectivity index (χ4v) is 5.94. The lowest BCUT2D eigenvalue weighted by molar-refractivity contribution is -0.133. The Morgan fingerprint density at radius 1 is 0.882 bits per heavy atom. The van der Waals surface area contributed by atoms with Gasteiger partial charge in [0.2, 0.25) is 0 Å². The molecule has 1 heterocycles. The van der Waals surface area contributed by atoms with Gasteiger partial charge in [0.1, 0.15) is 17.1 Å². The second-order valence-electron chi connectivity index (χ2n) is 9.16. The Labute approximate surface area is 193 Å². The van der Waals surface area contributed by atoms with Gasteiger partial charge >= 0.3 is 0 Å². The first kappa shape index (κ1) is 20.9. The predicted octanol–water partition coefficient (Wildman–Crippen LogP) is 2.28. The quantitative estimate of drug-likeness (QED) is 0.238. The molecule has 2 aliphatic carbocycles. The van der Waals surface area contributed by atoms with Gasteiger partial charge in [0.05, 0.1) is 46.5 Å². The van der Waals surface area contributed by atoms with Gasteiger partial charge in [0.25, 0.3) is 0 Å². The summed E-state index contributed by atoms with van der Waals surface area (Å²) in [7, 11) is 0. The molecule has 5 unspecified atom stereocenters. The number of aliphatic hydroxyl groups is 3. The number of hydrogen-bond donors (Lipinski definition) is 6. The highest BCUT2D eigenvalue weighted by Crippen LogP contribution is 2.60. The summed E-state index contributed by atoms with van der Waals surface area (Å²) < 4.78 is 0. The third-order valence-electron chi connectivity index (χ3n) is 7.50. The van der Waals surface area contributed by atoms with Crippen LogP contribution in [0.4, 0.5) is 5.69 Å². The summed E-state index contributed by atoms with van der Waals surface area (Å²) in [5.74, 6) is -3.25. The SMILES string of the molecule is CC(O)C1(O)C2Nc3c(cc(O)c4c3C(=O)c3c(O)cccc3C4=O)C1C(O)c1ccccc12. The van der Waals surface area contributed by atoms with Gasteiger partial charge in [-0.05, 0) is 35.7 Å². The van der Waals surface area contributed by atoms with Gasteiger partial charge in [-0.1, -0.05) is 36.4 Å². The van der Waals surface area contributed by atoms with Crippen LogP contribution >= 0.6 is 0 Å². The number of anilines is 1. The summed E-state index contributed by atoms with van der Waals surface area (Å²) in [6.45, 7) is 1.41. The number of ketones is 2. The van der Waals surface area contributed by atoms with Crippen LogP contribution in [0.3, 0.4) is 0 Å². The molecule has 0 radical (unpaired) electrons. The number of aromatic hydroxyl groups is 2. The summed E-state index contributed by atoms with van der Waals surface area (Å²) in [4.78, 5) is 26.9. The minimum atomic E-state index is -1.89. The molecule has 0 aromatic heterocycles. The van der Waals surface area contributed by atoms with E-state index < -0.39 is 47.1 Å². The number of hydrogen-bond acceptors (Lipinski definition) is 8. The number of carbonyl (C=O) groups is 2.